The van der Waals surface area contributed by atoms with Gasteiger partial charge in [-0.15, -0.1) is 0 Å². The molecule has 4 nitrogen and oxygen atoms in total. The number of likely N-dealkylation sites (tertiary alicyclic amines) is 1. The quantitative estimate of drug-likeness (QED) is 0.647. The van der Waals surface area contributed by atoms with Crippen LogP contribution in [0, 0.1) is 5.92 Å². The molecule has 1 amide bonds. The fourth-order valence-electron chi connectivity index (χ4n) is 2.30. The van der Waals surface area contributed by atoms with Crippen molar-refractivity contribution in [2.24, 2.45) is 5.92 Å². The van der Waals surface area contributed by atoms with Gasteiger partial charge in [-0.05, 0) is 12.3 Å². The molecule has 2 aliphatic rings. The molecule has 14 heavy (non-hydrogen) atoms. The van der Waals surface area contributed by atoms with Crippen LogP contribution in [0.3, 0.4) is 0 Å². The standard InChI is InChI=1S/C10H18N2O2/c1-2-10(14)6-12(7-10)5-8-3-9(13)11-4-8/h8,14H,2-7H2,1H3,(H,11,13). The maximum Gasteiger partial charge on any atom is 0.220 e. The lowest BCUT2D eigenvalue weighted by Crippen LogP contribution is -2.62. The number of hydrogen-bond donors (Lipinski definition) is 2. The number of aliphatic hydroxyl groups is 1. The van der Waals surface area contributed by atoms with E-state index in [1.165, 1.54) is 0 Å². The van der Waals surface area contributed by atoms with Crippen LogP contribution >= 0.6 is 0 Å². The molecule has 1 atom stereocenters. The van der Waals surface area contributed by atoms with Gasteiger partial charge in [0.2, 0.25) is 5.91 Å². The molecule has 0 aromatic carbocycles. The van der Waals surface area contributed by atoms with E-state index in [2.05, 4.69) is 10.2 Å². The Bertz CT molecular complexity index is 236. The smallest absolute Gasteiger partial charge is 0.220 e. The summed E-state index contributed by atoms with van der Waals surface area (Å²) >= 11 is 0. The maximum atomic E-state index is 10.9. The van der Waals surface area contributed by atoms with E-state index in [1.807, 2.05) is 6.92 Å². The van der Waals surface area contributed by atoms with Crippen molar-refractivity contribution in [2.45, 2.75) is 25.4 Å². The average Bonchev–Trinajstić information content (AvgIpc) is 2.48. The molecule has 4 heteroatoms. The number of carbonyl (C=O) groups excluding carboxylic acids is 1. The molecule has 2 fully saturated rings. The molecule has 2 aliphatic heterocycles. The van der Waals surface area contributed by atoms with Crippen LogP contribution in [-0.4, -0.2) is 47.7 Å². The van der Waals surface area contributed by atoms with Crippen molar-refractivity contribution in [3.8, 4) is 0 Å². The van der Waals surface area contributed by atoms with Gasteiger partial charge in [0, 0.05) is 32.6 Å². The predicted molar refractivity (Wildman–Crippen MR) is 52.8 cm³/mol. The van der Waals surface area contributed by atoms with E-state index < -0.39 is 5.60 Å². The molecule has 80 valence electrons. The Labute approximate surface area is 84.3 Å². The second kappa shape index (κ2) is 3.51. The minimum absolute atomic E-state index is 0.168. The van der Waals surface area contributed by atoms with Crippen molar-refractivity contribution in [1.29, 1.82) is 0 Å². The summed E-state index contributed by atoms with van der Waals surface area (Å²) in [5.74, 6) is 0.616. The maximum absolute atomic E-state index is 10.9. The molecule has 1 unspecified atom stereocenters. The van der Waals surface area contributed by atoms with Gasteiger partial charge >= 0.3 is 0 Å². The number of amides is 1. The van der Waals surface area contributed by atoms with Crippen LogP contribution in [0.2, 0.25) is 0 Å². The van der Waals surface area contributed by atoms with E-state index >= 15 is 0 Å². The Kier molecular flexibility index (Phi) is 2.49. The Morgan fingerprint density at radius 3 is 2.86 bits per heavy atom. The van der Waals surface area contributed by atoms with Crippen molar-refractivity contribution >= 4 is 5.91 Å². The lowest BCUT2D eigenvalue weighted by Gasteiger charge is -2.47. The molecule has 2 saturated heterocycles. The Morgan fingerprint density at radius 2 is 2.36 bits per heavy atom. The lowest BCUT2D eigenvalue weighted by atomic mass is 9.90. The van der Waals surface area contributed by atoms with Gasteiger partial charge < -0.3 is 10.4 Å². The van der Waals surface area contributed by atoms with Gasteiger partial charge in [0.1, 0.15) is 0 Å². The highest BCUT2D eigenvalue weighted by Crippen LogP contribution is 2.25. The Hall–Kier alpha value is -0.610. The summed E-state index contributed by atoms with van der Waals surface area (Å²) in [6.07, 6.45) is 1.48. The van der Waals surface area contributed by atoms with Crippen LogP contribution in [0.15, 0.2) is 0 Å². The summed E-state index contributed by atoms with van der Waals surface area (Å²) in [4.78, 5) is 13.2. The van der Waals surface area contributed by atoms with Crippen molar-refractivity contribution in [3.63, 3.8) is 0 Å². The van der Waals surface area contributed by atoms with E-state index in [1.54, 1.807) is 0 Å². The molecule has 0 saturated carbocycles. The third-order valence-corrected chi connectivity index (χ3v) is 3.27. The highest BCUT2D eigenvalue weighted by atomic mass is 16.3. The molecular weight excluding hydrogens is 180 g/mol. The zero-order valence-electron chi connectivity index (χ0n) is 8.62. The van der Waals surface area contributed by atoms with Crippen LogP contribution < -0.4 is 5.32 Å². The van der Waals surface area contributed by atoms with E-state index in [0.717, 1.165) is 32.6 Å². The number of hydrogen-bond acceptors (Lipinski definition) is 3. The van der Waals surface area contributed by atoms with Crippen LogP contribution in [-0.2, 0) is 4.79 Å². The number of rotatable bonds is 3. The lowest BCUT2D eigenvalue weighted by molar-refractivity contribution is -0.119. The van der Waals surface area contributed by atoms with Crippen LogP contribution in [0.1, 0.15) is 19.8 Å². The molecule has 2 N–H and O–H groups in total. The zero-order valence-corrected chi connectivity index (χ0v) is 8.62. The number of β-amino-alcohol motifs (C(OH)–C–C–N with tert-alkyl or cyclic N) is 1. The molecule has 0 aromatic heterocycles. The predicted octanol–water partition coefficient (Wildman–Crippen LogP) is -0.421. The monoisotopic (exact) mass is 198 g/mol. The van der Waals surface area contributed by atoms with Gasteiger partial charge in [0.05, 0.1) is 5.60 Å². The second-order valence-corrected chi connectivity index (χ2v) is 4.62. The third-order valence-electron chi connectivity index (χ3n) is 3.27. The summed E-state index contributed by atoms with van der Waals surface area (Å²) < 4.78 is 0. The van der Waals surface area contributed by atoms with Gasteiger partial charge in [0.15, 0.2) is 0 Å². The summed E-state index contributed by atoms with van der Waals surface area (Å²) in [7, 11) is 0. The van der Waals surface area contributed by atoms with Crippen molar-refractivity contribution in [3.05, 3.63) is 0 Å². The summed E-state index contributed by atoms with van der Waals surface area (Å²) in [6.45, 7) is 5.31. The first kappa shape index (κ1) is 9.93. The van der Waals surface area contributed by atoms with E-state index in [0.29, 0.717) is 12.3 Å². The second-order valence-electron chi connectivity index (χ2n) is 4.62. The SMILES string of the molecule is CCC1(O)CN(CC2CNC(=O)C2)C1. The molecular formula is C10H18N2O2. The fraction of sp³-hybridized carbons (Fsp3) is 0.900. The zero-order chi connectivity index (χ0) is 10.2. The van der Waals surface area contributed by atoms with Crippen molar-refractivity contribution in [2.75, 3.05) is 26.2 Å². The van der Waals surface area contributed by atoms with Crippen molar-refractivity contribution in [1.82, 2.24) is 10.2 Å². The van der Waals surface area contributed by atoms with Crippen LogP contribution in [0.25, 0.3) is 0 Å². The Balaban J connectivity index is 1.71. The highest BCUT2D eigenvalue weighted by molar-refractivity contribution is 5.78. The van der Waals surface area contributed by atoms with Gasteiger partial charge in [0.25, 0.3) is 0 Å². The highest BCUT2D eigenvalue weighted by Gasteiger charge is 2.40. The molecule has 2 rings (SSSR count). The van der Waals surface area contributed by atoms with Crippen LogP contribution in [0.5, 0.6) is 0 Å². The normalized spacial score (nSPS) is 31.3. The first-order chi connectivity index (χ1) is 6.61. The van der Waals surface area contributed by atoms with E-state index in [4.69, 9.17) is 0 Å². The van der Waals surface area contributed by atoms with Gasteiger partial charge in [-0.25, -0.2) is 0 Å². The molecule has 0 radical (unpaired) electrons. The van der Waals surface area contributed by atoms with Gasteiger partial charge in [-0.1, -0.05) is 6.92 Å². The van der Waals surface area contributed by atoms with E-state index in [-0.39, 0.29) is 5.91 Å². The minimum Gasteiger partial charge on any atom is -0.387 e. The van der Waals surface area contributed by atoms with Crippen molar-refractivity contribution < 1.29 is 9.90 Å². The summed E-state index contributed by atoms with van der Waals surface area (Å²) in [5.41, 5.74) is -0.448. The molecule has 0 bridgehead atoms. The van der Waals surface area contributed by atoms with Gasteiger partial charge in [-0.2, -0.15) is 0 Å². The summed E-state index contributed by atoms with van der Waals surface area (Å²) in [5, 5.41) is 12.6. The first-order valence-corrected chi connectivity index (χ1v) is 5.33. The van der Waals surface area contributed by atoms with Gasteiger partial charge in [-0.3, -0.25) is 9.69 Å². The largest absolute Gasteiger partial charge is 0.387 e. The summed E-state index contributed by atoms with van der Waals surface area (Å²) in [6, 6.07) is 0. The average molecular weight is 198 g/mol. The number of carbonyl (C=O) groups is 1. The first-order valence-electron chi connectivity index (χ1n) is 5.33. The molecule has 2 heterocycles. The Morgan fingerprint density at radius 1 is 1.64 bits per heavy atom. The number of nitrogens with one attached hydrogen (secondary N) is 1. The molecule has 0 spiro atoms. The van der Waals surface area contributed by atoms with Crippen LogP contribution in [0.4, 0.5) is 0 Å². The molecule has 0 aliphatic carbocycles. The third kappa shape index (κ3) is 1.91. The fourth-order valence-corrected chi connectivity index (χ4v) is 2.30. The number of nitrogens with zero attached hydrogens (tertiary/aromatic N) is 1. The van der Waals surface area contributed by atoms with E-state index in [9.17, 15) is 9.90 Å². The minimum atomic E-state index is -0.448. The molecule has 0 aromatic rings. The topological polar surface area (TPSA) is 52.6 Å².